The van der Waals surface area contributed by atoms with Crippen molar-refractivity contribution in [2.75, 3.05) is 0 Å². The molecule has 0 spiro atoms. The molecular weight excluding hydrogens is 232 g/mol. The molecular formula is C18H26O. The molecule has 0 radical (unpaired) electrons. The van der Waals surface area contributed by atoms with Crippen LogP contribution in [0.4, 0.5) is 0 Å². The number of hydrogen-bond donors (Lipinski definition) is 0. The summed E-state index contributed by atoms with van der Waals surface area (Å²) in [6.45, 7) is 6.92. The molecule has 1 saturated carbocycles. The quantitative estimate of drug-likeness (QED) is 0.771. The molecule has 104 valence electrons. The fourth-order valence-corrected chi connectivity index (χ4v) is 3.16. The molecule has 2 unspecified atom stereocenters. The molecule has 0 bridgehead atoms. The van der Waals surface area contributed by atoms with Gasteiger partial charge in [0.15, 0.2) is 0 Å². The summed E-state index contributed by atoms with van der Waals surface area (Å²) in [6, 6.07) is 10.5. The Bertz CT molecular complexity index is 413. The number of carbonyl (C=O) groups is 1. The van der Waals surface area contributed by atoms with Gasteiger partial charge in [0, 0.05) is 12.3 Å². The number of rotatable bonds is 3. The number of hydrogen-bond acceptors (Lipinski definition) is 1. The Hall–Kier alpha value is -1.11. The van der Waals surface area contributed by atoms with Gasteiger partial charge in [0.25, 0.3) is 0 Å². The lowest BCUT2D eigenvalue weighted by molar-refractivity contribution is -0.126. The predicted octanol–water partition coefficient (Wildman–Crippen LogP) is 4.65. The maximum atomic E-state index is 12.1. The van der Waals surface area contributed by atoms with Crippen LogP contribution in [0.5, 0.6) is 0 Å². The SMILES string of the molecule is CC(C)(C)C1CCC(=O)C(CCc2ccccc2)C1. The van der Waals surface area contributed by atoms with Gasteiger partial charge in [0.2, 0.25) is 0 Å². The molecule has 0 aliphatic heterocycles. The van der Waals surface area contributed by atoms with E-state index in [0.717, 1.165) is 32.1 Å². The lowest BCUT2D eigenvalue weighted by atomic mass is 9.68. The summed E-state index contributed by atoms with van der Waals surface area (Å²) in [4.78, 5) is 12.1. The second-order valence-corrected chi connectivity index (χ2v) is 7.02. The smallest absolute Gasteiger partial charge is 0.136 e. The fourth-order valence-electron chi connectivity index (χ4n) is 3.16. The molecule has 2 atom stereocenters. The molecule has 0 saturated heterocycles. The Morgan fingerprint density at radius 2 is 1.84 bits per heavy atom. The van der Waals surface area contributed by atoms with E-state index in [2.05, 4.69) is 45.0 Å². The highest BCUT2D eigenvalue weighted by atomic mass is 16.1. The van der Waals surface area contributed by atoms with E-state index in [9.17, 15) is 4.79 Å². The van der Waals surface area contributed by atoms with Crippen LogP contribution < -0.4 is 0 Å². The number of carbonyl (C=O) groups excluding carboxylic acids is 1. The average molecular weight is 258 g/mol. The normalized spacial score (nSPS) is 24.5. The minimum absolute atomic E-state index is 0.290. The van der Waals surface area contributed by atoms with Crippen LogP contribution in [-0.2, 0) is 11.2 Å². The molecule has 1 nitrogen and oxygen atoms in total. The summed E-state index contributed by atoms with van der Waals surface area (Å²) in [5, 5.41) is 0. The summed E-state index contributed by atoms with van der Waals surface area (Å²) in [7, 11) is 0. The van der Waals surface area contributed by atoms with E-state index in [1.165, 1.54) is 5.56 Å². The third-order valence-electron chi connectivity index (χ3n) is 4.61. The number of aryl methyl sites for hydroxylation is 1. The first kappa shape index (κ1) is 14.3. The molecule has 0 amide bonds. The average Bonchev–Trinajstić information content (AvgIpc) is 2.37. The Kier molecular flexibility index (Phi) is 4.44. The van der Waals surface area contributed by atoms with Gasteiger partial charge in [-0.25, -0.2) is 0 Å². The summed E-state index contributed by atoms with van der Waals surface area (Å²) in [5.74, 6) is 1.49. The third-order valence-corrected chi connectivity index (χ3v) is 4.61. The molecule has 1 aromatic rings. The van der Waals surface area contributed by atoms with Gasteiger partial charge in [0.05, 0.1) is 0 Å². The van der Waals surface area contributed by atoms with Crippen molar-refractivity contribution in [3.63, 3.8) is 0 Å². The van der Waals surface area contributed by atoms with Crippen molar-refractivity contribution < 1.29 is 4.79 Å². The van der Waals surface area contributed by atoms with Gasteiger partial charge in [-0.05, 0) is 42.6 Å². The lowest BCUT2D eigenvalue weighted by Gasteiger charge is -2.37. The van der Waals surface area contributed by atoms with Gasteiger partial charge in [-0.3, -0.25) is 4.79 Å². The standard InChI is InChI=1S/C18H26O/c1-18(2,3)16-11-12-17(19)15(13-16)10-9-14-7-5-4-6-8-14/h4-8,15-16H,9-13H2,1-3H3. The first-order chi connectivity index (χ1) is 8.97. The van der Waals surface area contributed by atoms with Crippen LogP contribution in [0.3, 0.4) is 0 Å². The molecule has 2 rings (SSSR count). The second kappa shape index (κ2) is 5.90. The lowest BCUT2D eigenvalue weighted by Crippen LogP contribution is -2.32. The minimum atomic E-state index is 0.290. The molecule has 1 aliphatic carbocycles. The maximum Gasteiger partial charge on any atom is 0.136 e. The largest absolute Gasteiger partial charge is 0.299 e. The van der Waals surface area contributed by atoms with Gasteiger partial charge in [-0.1, -0.05) is 51.1 Å². The summed E-state index contributed by atoms with van der Waals surface area (Å²) >= 11 is 0. The first-order valence-electron chi connectivity index (χ1n) is 7.53. The van der Waals surface area contributed by atoms with Crippen molar-refractivity contribution in [2.24, 2.45) is 17.3 Å². The maximum absolute atomic E-state index is 12.1. The molecule has 1 aliphatic rings. The molecule has 0 heterocycles. The number of ketones is 1. The minimum Gasteiger partial charge on any atom is -0.299 e. The van der Waals surface area contributed by atoms with Crippen LogP contribution in [0.15, 0.2) is 30.3 Å². The van der Waals surface area contributed by atoms with Crippen LogP contribution >= 0.6 is 0 Å². The predicted molar refractivity (Wildman–Crippen MR) is 80.1 cm³/mol. The van der Waals surface area contributed by atoms with Gasteiger partial charge in [-0.15, -0.1) is 0 Å². The molecule has 0 aromatic heterocycles. The monoisotopic (exact) mass is 258 g/mol. The van der Waals surface area contributed by atoms with E-state index in [1.807, 2.05) is 6.07 Å². The summed E-state index contributed by atoms with van der Waals surface area (Å²) in [6.07, 6.45) is 5.03. The van der Waals surface area contributed by atoms with Crippen LogP contribution in [0.25, 0.3) is 0 Å². The zero-order chi connectivity index (χ0) is 13.9. The van der Waals surface area contributed by atoms with Gasteiger partial charge in [0.1, 0.15) is 5.78 Å². The topological polar surface area (TPSA) is 17.1 Å². The highest BCUT2D eigenvalue weighted by Crippen LogP contribution is 2.40. The van der Waals surface area contributed by atoms with Crippen molar-refractivity contribution in [3.05, 3.63) is 35.9 Å². The third kappa shape index (κ3) is 3.92. The first-order valence-corrected chi connectivity index (χ1v) is 7.53. The van der Waals surface area contributed by atoms with E-state index in [-0.39, 0.29) is 5.92 Å². The van der Waals surface area contributed by atoms with Gasteiger partial charge < -0.3 is 0 Å². The Balaban J connectivity index is 1.93. The molecule has 0 N–H and O–H groups in total. The van der Waals surface area contributed by atoms with Crippen LogP contribution in [-0.4, -0.2) is 5.78 Å². The summed E-state index contributed by atoms with van der Waals surface area (Å²) < 4.78 is 0. The van der Waals surface area contributed by atoms with Gasteiger partial charge in [-0.2, -0.15) is 0 Å². The molecule has 1 fully saturated rings. The molecule has 19 heavy (non-hydrogen) atoms. The second-order valence-electron chi connectivity index (χ2n) is 7.02. The van der Waals surface area contributed by atoms with Crippen molar-refractivity contribution in [3.8, 4) is 0 Å². The zero-order valence-electron chi connectivity index (χ0n) is 12.5. The van der Waals surface area contributed by atoms with Crippen LogP contribution in [0, 0.1) is 17.3 Å². The highest BCUT2D eigenvalue weighted by molar-refractivity contribution is 5.81. The number of Topliss-reactive ketones (excluding diaryl/α,β-unsaturated/α-hetero) is 1. The highest BCUT2D eigenvalue weighted by Gasteiger charge is 2.34. The van der Waals surface area contributed by atoms with E-state index < -0.39 is 0 Å². The Labute approximate surface area is 117 Å². The molecule has 1 aromatic carbocycles. The number of benzene rings is 1. The Morgan fingerprint density at radius 1 is 1.16 bits per heavy atom. The molecule has 1 heteroatoms. The van der Waals surface area contributed by atoms with E-state index >= 15 is 0 Å². The summed E-state index contributed by atoms with van der Waals surface area (Å²) in [5.41, 5.74) is 1.69. The van der Waals surface area contributed by atoms with Gasteiger partial charge >= 0.3 is 0 Å². The Morgan fingerprint density at radius 3 is 2.47 bits per heavy atom. The van der Waals surface area contributed by atoms with Crippen molar-refractivity contribution >= 4 is 5.78 Å². The fraction of sp³-hybridized carbons (Fsp3) is 0.611. The van der Waals surface area contributed by atoms with E-state index in [0.29, 0.717) is 17.1 Å². The van der Waals surface area contributed by atoms with Crippen molar-refractivity contribution in [1.29, 1.82) is 0 Å². The van der Waals surface area contributed by atoms with E-state index in [1.54, 1.807) is 0 Å². The zero-order valence-corrected chi connectivity index (χ0v) is 12.5. The van der Waals surface area contributed by atoms with E-state index in [4.69, 9.17) is 0 Å². The van der Waals surface area contributed by atoms with Crippen molar-refractivity contribution in [2.45, 2.75) is 52.9 Å². The van der Waals surface area contributed by atoms with Crippen LogP contribution in [0.1, 0.15) is 52.0 Å². The van der Waals surface area contributed by atoms with Crippen LogP contribution in [0.2, 0.25) is 0 Å². The van der Waals surface area contributed by atoms with Crippen molar-refractivity contribution in [1.82, 2.24) is 0 Å².